The molecule has 3 heterocycles. The van der Waals surface area contributed by atoms with Crippen LogP contribution in [0.15, 0.2) is 46.7 Å². The highest BCUT2D eigenvalue weighted by molar-refractivity contribution is 7.17. The number of nitrogens with one attached hydrogen (secondary N) is 1. The molecule has 0 bridgehead atoms. The molecule has 6 heteroatoms. The van der Waals surface area contributed by atoms with Crippen molar-refractivity contribution in [1.29, 1.82) is 0 Å². The topological polar surface area (TPSA) is 52.2 Å². The molecule has 0 unspecified atom stereocenters. The average Bonchev–Trinajstić information content (AvgIpc) is 3.09. The van der Waals surface area contributed by atoms with Gasteiger partial charge >= 0.3 is 0 Å². The van der Waals surface area contributed by atoms with Gasteiger partial charge in [0.15, 0.2) is 0 Å². The third-order valence-electron chi connectivity index (χ3n) is 4.57. The van der Waals surface area contributed by atoms with Crippen LogP contribution in [0.25, 0.3) is 10.1 Å². The molecular formula is C18H20N4OS. The number of fused-ring (bicyclic) bond motifs is 1. The summed E-state index contributed by atoms with van der Waals surface area (Å²) < 4.78 is 1.36. The maximum absolute atomic E-state index is 11.3. The largest absolute Gasteiger partial charge is 0.368 e. The summed E-state index contributed by atoms with van der Waals surface area (Å²) in [5, 5.41) is 3.53. The predicted octanol–water partition coefficient (Wildman–Crippen LogP) is 2.35. The smallest absolute Gasteiger partial charge is 0.250 e. The quantitative estimate of drug-likeness (QED) is 0.792. The second kappa shape index (κ2) is 6.75. The molecule has 124 valence electrons. The lowest BCUT2D eigenvalue weighted by Gasteiger charge is -2.36. The van der Waals surface area contributed by atoms with Crippen LogP contribution in [0.5, 0.6) is 0 Å². The number of H-pyrrole nitrogens is 1. The first-order chi connectivity index (χ1) is 11.8. The molecular weight excluding hydrogens is 320 g/mol. The van der Waals surface area contributed by atoms with Gasteiger partial charge < -0.3 is 9.88 Å². The molecule has 3 aromatic rings. The molecule has 2 aromatic heterocycles. The van der Waals surface area contributed by atoms with E-state index in [0.717, 1.165) is 45.0 Å². The highest BCUT2D eigenvalue weighted by atomic mass is 32.1. The van der Waals surface area contributed by atoms with Crippen LogP contribution in [0.3, 0.4) is 0 Å². The molecule has 1 saturated heterocycles. The normalized spacial score (nSPS) is 15.9. The highest BCUT2D eigenvalue weighted by Gasteiger charge is 2.18. The van der Waals surface area contributed by atoms with Crippen LogP contribution in [-0.4, -0.2) is 47.6 Å². The van der Waals surface area contributed by atoms with Gasteiger partial charge in [-0.3, -0.25) is 9.69 Å². The number of rotatable bonds is 4. The molecule has 1 N–H and O–H groups in total. The molecule has 0 radical (unpaired) electrons. The molecule has 1 aliphatic rings. The van der Waals surface area contributed by atoms with E-state index in [1.807, 2.05) is 0 Å². The Labute approximate surface area is 144 Å². The summed E-state index contributed by atoms with van der Waals surface area (Å²) >= 11 is 1.80. The van der Waals surface area contributed by atoms with E-state index in [4.69, 9.17) is 0 Å². The molecule has 5 nitrogen and oxygen atoms in total. The molecule has 0 amide bonds. The number of hydrogen-bond acceptors (Lipinski definition) is 5. The van der Waals surface area contributed by atoms with Gasteiger partial charge in [-0.2, -0.15) is 0 Å². The average molecular weight is 340 g/mol. The van der Waals surface area contributed by atoms with Crippen molar-refractivity contribution >= 4 is 27.1 Å². The second-order valence-electron chi connectivity index (χ2n) is 6.07. The van der Waals surface area contributed by atoms with Crippen LogP contribution in [0.4, 0.5) is 5.69 Å². The summed E-state index contributed by atoms with van der Waals surface area (Å²) in [5.74, 6) is 0.771. The Hall–Kier alpha value is -2.18. The van der Waals surface area contributed by atoms with Crippen LogP contribution >= 0.6 is 11.3 Å². The summed E-state index contributed by atoms with van der Waals surface area (Å²) in [6.45, 7) is 5.08. The number of thiophene rings is 1. The van der Waals surface area contributed by atoms with Gasteiger partial charge in [-0.1, -0.05) is 6.07 Å². The molecule has 0 saturated carbocycles. The molecule has 1 fully saturated rings. The number of piperazine rings is 1. The number of hydrogen-bond donors (Lipinski definition) is 1. The van der Waals surface area contributed by atoms with Crippen molar-refractivity contribution in [1.82, 2.24) is 14.9 Å². The number of benzene rings is 1. The molecule has 1 aromatic carbocycles. The van der Waals surface area contributed by atoms with Crippen LogP contribution in [0, 0.1) is 0 Å². The summed E-state index contributed by atoms with van der Waals surface area (Å²) in [6.07, 6.45) is 2.36. The Kier molecular flexibility index (Phi) is 4.32. The molecule has 0 atom stereocenters. The van der Waals surface area contributed by atoms with Crippen LogP contribution in [0.2, 0.25) is 0 Å². The van der Waals surface area contributed by atoms with Crippen molar-refractivity contribution in [3.63, 3.8) is 0 Å². The van der Waals surface area contributed by atoms with Gasteiger partial charge in [0.25, 0.3) is 5.56 Å². The monoisotopic (exact) mass is 340 g/mol. The Balaban J connectivity index is 1.37. The lowest BCUT2D eigenvalue weighted by Crippen LogP contribution is -2.47. The minimum atomic E-state index is -0.0753. The first-order valence-corrected chi connectivity index (χ1v) is 9.15. The molecule has 0 spiro atoms. The van der Waals surface area contributed by atoms with Crippen molar-refractivity contribution < 1.29 is 0 Å². The van der Waals surface area contributed by atoms with E-state index in [9.17, 15) is 4.79 Å². The molecule has 1 aliphatic heterocycles. The van der Waals surface area contributed by atoms with Crippen LogP contribution < -0.4 is 10.5 Å². The van der Waals surface area contributed by atoms with E-state index >= 15 is 0 Å². The third kappa shape index (κ3) is 3.20. The Morgan fingerprint density at radius 2 is 2.00 bits per heavy atom. The van der Waals surface area contributed by atoms with Crippen LogP contribution in [-0.2, 0) is 6.42 Å². The van der Waals surface area contributed by atoms with E-state index in [1.54, 1.807) is 17.5 Å². The first-order valence-electron chi connectivity index (χ1n) is 8.27. The van der Waals surface area contributed by atoms with Crippen LogP contribution in [0.1, 0.15) is 5.82 Å². The number of aromatic amines is 1. The summed E-state index contributed by atoms with van der Waals surface area (Å²) in [6, 6.07) is 10.2. The lowest BCUT2D eigenvalue weighted by atomic mass is 10.2. The highest BCUT2D eigenvalue weighted by Crippen LogP contribution is 2.31. The fraction of sp³-hybridized carbons (Fsp3) is 0.333. The minimum absolute atomic E-state index is 0.0753. The number of anilines is 1. The van der Waals surface area contributed by atoms with Gasteiger partial charge in [0.05, 0.1) is 0 Å². The maximum Gasteiger partial charge on any atom is 0.250 e. The van der Waals surface area contributed by atoms with Crippen molar-refractivity contribution in [3.8, 4) is 0 Å². The summed E-state index contributed by atoms with van der Waals surface area (Å²) in [4.78, 5) is 23.3. The zero-order valence-electron chi connectivity index (χ0n) is 13.4. The van der Waals surface area contributed by atoms with E-state index < -0.39 is 0 Å². The molecule has 4 rings (SSSR count). The van der Waals surface area contributed by atoms with Crippen molar-refractivity contribution in [2.24, 2.45) is 0 Å². The maximum atomic E-state index is 11.3. The standard InChI is InChI=1S/C18H20N4OS/c23-18-4-7-19-17(20-18)5-8-21-9-11-22(12-10-21)15-2-1-3-16-14(15)6-13-24-16/h1-4,6-7,13H,5,8-12H2,(H,19,20,23). The van der Waals surface area contributed by atoms with E-state index in [-0.39, 0.29) is 5.56 Å². The van der Waals surface area contributed by atoms with Gasteiger partial charge in [-0.15, -0.1) is 11.3 Å². The summed E-state index contributed by atoms with van der Waals surface area (Å²) in [5.41, 5.74) is 1.27. The third-order valence-corrected chi connectivity index (χ3v) is 5.46. The second-order valence-corrected chi connectivity index (χ2v) is 7.02. The Bertz CT molecular complexity index is 880. The molecule has 0 aliphatic carbocycles. The SMILES string of the molecule is O=c1ccnc(CCN2CCN(c3cccc4sccc34)CC2)[nH]1. The minimum Gasteiger partial charge on any atom is -0.368 e. The van der Waals surface area contributed by atoms with E-state index in [1.165, 1.54) is 21.8 Å². The zero-order chi connectivity index (χ0) is 16.4. The van der Waals surface area contributed by atoms with Gasteiger partial charge in [0, 0.05) is 67.2 Å². The Morgan fingerprint density at radius 3 is 2.83 bits per heavy atom. The van der Waals surface area contributed by atoms with Gasteiger partial charge in [0.1, 0.15) is 5.82 Å². The fourth-order valence-electron chi connectivity index (χ4n) is 3.27. The van der Waals surface area contributed by atoms with Gasteiger partial charge in [-0.25, -0.2) is 4.98 Å². The fourth-order valence-corrected chi connectivity index (χ4v) is 4.08. The number of aromatic nitrogens is 2. The lowest BCUT2D eigenvalue weighted by molar-refractivity contribution is 0.259. The van der Waals surface area contributed by atoms with Gasteiger partial charge in [0.2, 0.25) is 0 Å². The zero-order valence-corrected chi connectivity index (χ0v) is 14.3. The summed E-state index contributed by atoms with van der Waals surface area (Å²) in [7, 11) is 0. The van der Waals surface area contributed by atoms with Gasteiger partial charge in [-0.05, 0) is 23.6 Å². The van der Waals surface area contributed by atoms with E-state index in [2.05, 4.69) is 49.4 Å². The van der Waals surface area contributed by atoms with Crippen molar-refractivity contribution in [2.45, 2.75) is 6.42 Å². The van der Waals surface area contributed by atoms with Crippen molar-refractivity contribution in [2.75, 3.05) is 37.6 Å². The Morgan fingerprint density at radius 1 is 1.12 bits per heavy atom. The predicted molar refractivity (Wildman–Crippen MR) is 99.0 cm³/mol. The van der Waals surface area contributed by atoms with E-state index in [0.29, 0.717) is 0 Å². The first kappa shape index (κ1) is 15.4. The molecule has 24 heavy (non-hydrogen) atoms. The van der Waals surface area contributed by atoms with Crippen molar-refractivity contribution in [3.05, 3.63) is 58.1 Å². The number of nitrogens with zero attached hydrogens (tertiary/aromatic N) is 3.